The summed E-state index contributed by atoms with van der Waals surface area (Å²) in [6, 6.07) is 10.1. The standard InChI is InChI=1S/C20H30N2O/c1-15(2)12-20(17(5)21-13-16(3)4)22-18(6)23-14-19-10-8-7-9-11-19/h7-11,15,20-22H,3,5-6,12-14H2,1-2,4H3. The topological polar surface area (TPSA) is 33.3 Å². The first kappa shape index (κ1) is 18.9. The molecule has 1 atom stereocenters. The van der Waals surface area contributed by atoms with E-state index in [1.165, 1.54) is 0 Å². The van der Waals surface area contributed by atoms with Crippen LogP contribution in [0.5, 0.6) is 0 Å². The Morgan fingerprint density at radius 3 is 2.35 bits per heavy atom. The summed E-state index contributed by atoms with van der Waals surface area (Å²) < 4.78 is 5.72. The summed E-state index contributed by atoms with van der Waals surface area (Å²) in [5.74, 6) is 1.11. The molecular formula is C20H30N2O. The lowest BCUT2D eigenvalue weighted by Crippen LogP contribution is -2.37. The van der Waals surface area contributed by atoms with Gasteiger partial charge in [0.15, 0.2) is 5.88 Å². The third-order valence-corrected chi connectivity index (χ3v) is 3.34. The van der Waals surface area contributed by atoms with Gasteiger partial charge in [0, 0.05) is 12.2 Å². The first-order valence-electron chi connectivity index (χ1n) is 8.07. The van der Waals surface area contributed by atoms with Gasteiger partial charge in [-0.05, 0) is 31.4 Å². The summed E-state index contributed by atoms with van der Waals surface area (Å²) in [6.07, 6.45) is 0.954. The van der Waals surface area contributed by atoms with Crippen LogP contribution in [-0.2, 0) is 11.3 Å². The molecule has 0 bridgehead atoms. The van der Waals surface area contributed by atoms with Crippen molar-refractivity contribution in [3.63, 3.8) is 0 Å². The smallest absolute Gasteiger partial charge is 0.180 e. The number of hydrogen-bond donors (Lipinski definition) is 2. The van der Waals surface area contributed by atoms with Gasteiger partial charge in [0.1, 0.15) is 6.61 Å². The van der Waals surface area contributed by atoms with Crippen LogP contribution in [0.2, 0.25) is 0 Å². The second kappa shape index (κ2) is 9.78. The molecule has 0 heterocycles. The molecule has 0 radical (unpaired) electrons. The fourth-order valence-electron chi connectivity index (χ4n) is 2.13. The van der Waals surface area contributed by atoms with Crippen molar-refractivity contribution in [1.29, 1.82) is 0 Å². The fraction of sp³-hybridized carbons (Fsp3) is 0.400. The van der Waals surface area contributed by atoms with Crippen molar-refractivity contribution in [2.75, 3.05) is 6.54 Å². The van der Waals surface area contributed by atoms with E-state index in [0.29, 0.717) is 18.4 Å². The first-order valence-corrected chi connectivity index (χ1v) is 8.07. The summed E-state index contributed by atoms with van der Waals surface area (Å²) in [5, 5.41) is 6.65. The molecule has 0 aliphatic heterocycles. The van der Waals surface area contributed by atoms with Crippen LogP contribution in [0.15, 0.2) is 67.2 Å². The minimum absolute atomic E-state index is 0.0811. The highest BCUT2D eigenvalue weighted by molar-refractivity contribution is 5.14. The molecule has 3 heteroatoms. The SMILES string of the molecule is C=C(C)CNC(=C)C(CC(C)C)NC(=C)OCc1ccccc1. The van der Waals surface area contributed by atoms with Crippen LogP contribution in [-0.4, -0.2) is 12.6 Å². The highest BCUT2D eigenvalue weighted by Crippen LogP contribution is 2.13. The monoisotopic (exact) mass is 314 g/mol. The normalized spacial score (nSPS) is 11.7. The van der Waals surface area contributed by atoms with Gasteiger partial charge in [-0.3, -0.25) is 0 Å². The molecule has 3 nitrogen and oxygen atoms in total. The van der Waals surface area contributed by atoms with E-state index >= 15 is 0 Å². The van der Waals surface area contributed by atoms with Crippen molar-refractivity contribution in [2.45, 2.75) is 39.8 Å². The maximum atomic E-state index is 5.72. The van der Waals surface area contributed by atoms with Crippen LogP contribution < -0.4 is 10.6 Å². The van der Waals surface area contributed by atoms with Crippen LogP contribution >= 0.6 is 0 Å². The van der Waals surface area contributed by atoms with E-state index in [1.807, 2.05) is 37.3 Å². The van der Waals surface area contributed by atoms with Crippen LogP contribution in [0.1, 0.15) is 32.8 Å². The summed E-state index contributed by atoms with van der Waals surface area (Å²) in [5.41, 5.74) is 3.13. The molecule has 0 spiro atoms. The fourth-order valence-corrected chi connectivity index (χ4v) is 2.13. The summed E-state index contributed by atoms with van der Waals surface area (Å²) >= 11 is 0. The first-order chi connectivity index (χ1) is 10.9. The molecule has 0 aromatic heterocycles. The second-order valence-electron chi connectivity index (χ2n) is 6.36. The number of rotatable bonds is 11. The molecule has 126 valence electrons. The number of benzene rings is 1. The van der Waals surface area contributed by atoms with Crippen LogP contribution in [0.3, 0.4) is 0 Å². The Kier molecular flexibility index (Phi) is 8.03. The van der Waals surface area contributed by atoms with Gasteiger partial charge in [0.25, 0.3) is 0 Å². The summed E-state index contributed by atoms with van der Waals surface area (Å²) in [6.45, 7) is 19.6. The van der Waals surface area contributed by atoms with E-state index in [9.17, 15) is 0 Å². The molecule has 1 aromatic rings. The lowest BCUT2D eigenvalue weighted by atomic mass is 10.0. The Labute approximate surface area is 141 Å². The van der Waals surface area contributed by atoms with Gasteiger partial charge in [0.2, 0.25) is 0 Å². The number of ether oxygens (including phenoxy) is 1. The van der Waals surface area contributed by atoms with Crippen molar-refractivity contribution in [3.8, 4) is 0 Å². The lowest BCUT2D eigenvalue weighted by molar-refractivity contribution is 0.171. The average Bonchev–Trinajstić information content (AvgIpc) is 2.50. The zero-order chi connectivity index (χ0) is 17.2. The molecule has 2 N–H and O–H groups in total. The van der Waals surface area contributed by atoms with Crippen molar-refractivity contribution in [3.05, 3.63) is 72.8 Å². The molecular weight excluding hydrogens is 284 g/mol. The molecule has 1 unspecified atom stereocenters. The molecule has 0 aliphatic carbocycles. The Hall–Kier alpha value is -2.16. The van der Waals surface area contributed by atoms with Crippen LogP contribution in [0, 0.1) is 5.92 Å². The molecule has 1 rings (SSSR count). The Morgan fingerprint density at radius 2 is 1.78 bits per heavy atom. The zero-order valence-electron chi connectivity index (χ0n) is 14.7. The minimum Gasteiger partial charge on any atom is -0.475 e. The summed E-state index contributed by atoms with van der Waals surface area (Å²) in [4.78, 5) is 0. The highest BCUT2D eigenvalue weighted by atomic mass is 16.5. The van der Waals surface area contributed by atoms with Crippen molar-refractivity contribution in [1.82, 2.24) is 10.6 Å². The molecule has 0 amide bonds. The number of hydrogen-bond acceptors (Lipinski definition) is 3. The lowest BCUT2D eigenvalue weighted by Gasteiger charge is -2.26. The molecule has 1 aromatic carbocycles. The van der Waals surface area contributed by atoms with Gasteiger partial charge in [-0.1, -0.05) is 62.9 Å². The van der Waals surface area contributed by atoms with E-state index in [0.717, 1.165) is 29.8 Å². The van der Waals surface area contributed by atoms with Crippen molar-refractivity contribution < 1.29 is 4.74 Å². The minimum atomic E-state index is 0.0811. The Bertz CT molecular complexity index is 520. The van der Waals surface area contributed by atoms with E-state index in [2.05, 4.69) is 44.2 Å². The van der Waals surface area contributed by atoms with Gasteiger partial charge in [0.05, 0.1) is 6.04 Å². The number of nitrogens with one attached hydrogen (secondary N) is 2. The molecule has 0 aliphatic rings. The predicted molar refractivity (Wildman–Crippen MR) is 98.7 cm³/mol. The second-order valence-corrected chi connectivity index (χ2v) is 6.36. The van der Waals surface area contributed by atoms with E-state index in [4.69, 9.17) is 4.74 Å². The van der Waals surface area contributed by atoms with E-state index in [-0.39, 0.29) is 6.04 Å². The van der Waals surface area contributed by atoms with Gasteiger partial charge >= 0.3 is 0 Å². The highest BCUT2D eigenvalue weighted by Gasteiger charge is 2.15. The Morgan fingerprint density at radius 1 is 1.13 bits per heavy atom. The average molecular weight is 314 g/mol. The largest absolute Gasteiger partial charge is 0.475 e. The van der Waals surface area contributed by atoms with Gasteiger partial charge in [-0.25, -0.2) is 0 Å². The maximum absolute atomic E-state index is 5.72. The molecule has 0 saturated carbocycles. The van der Waals surface area contributed by atoms with Gasteiger partial charge in [-0.15, -0.1) is 0 Å². The maximum Gasteiger partial charge on any atom is 0.180 e. The predicted octanol–water partition coefficient (Wildman–Crippen LogP) is 4.36. The molecule has 23 heavy (non-hydrogen) atoms. The van der Waals surface area contributed by atoms with Crippen molar-refractivity contribution in [2.24, 2.45) is 5.92 Å². The zero-order valence-corrected chi connectivity index (χ0v) is 14.7. The van der Waals surface area contributed by atoms with Crippen molar-refractivity contribution >= 4 is 0 Å². The third-order valence-electron chi connectivity index (χ3n) is 3.34. The quantitative estimate of drug-likeness (QED) is 0.470. The third kappa shape index (κ3) is 8.15. The molecule has 0 fully saturated rings. The Balaban J connectivity index is 2.52. The molecule has 0 saturated heterocycles. The van der Waals surface area contributed by atoms with E-state index < -0.39 is 0 Å². The summed E-state index contributed by atoms with van der Waals surface area (Å²) in [7, 11) is 0. The van der Waals surface area contributed by atoms with Crippen LogP contribution in [0.25, 0.3) is 0 Å². The van der Waals surface area contributed by atoms with Gasteiger partial charge in [-0.2, -0.15) is 0 Å². The van der Waals surface area contributed by atoms with E-state index in [1.54, 1.807) is 0 Å². The van der Waals surface area contributed by atoms with Gasteiger partial charge < -0.3 is 15.4 Å². The van der Waals surface area contributed by atoms with Crippen LogP contribution in [0.4, 0.5) is 0 Å².